The summed E-state index contributed by atoms with van der Waals surface area (Å²) >= 11 is 10.2. The van der Waals surface area contributed by atoms with Gasteiger partial charge in [-0.05, 0) is 49.8 Å². The normalized spacial score (nSPS) is 25.3. The van der Waals surface area contributed by atoms with E-state index in [-0.39, 0.29) is 15.2 Å². The number of carbonyl (C=O) groups is 1. The highest BCUT2D eigenvalue weighted by atomic mass is 32.1. The molecule has 1 aliphatic heterocycles. The Morgan fingerprint density at radius 1 is 1.34 bits per heavy atom. The molecule has 3 rings (SSSR count). The van der Waals surface area contributed by atoms with Crippen LogP contribution in [0.4, 0.5) is 4.39 Å². The fourth-order valence-corrected chi connectivity index (χ4v) is 5.97. The number of nitrogens with zero attached hydrogens (tertiary/aromatic N) is 4. The number of para-hydroxylation sites is 1. The van der Waals surface area contributed by atoms with E-state index in [9.17, 15) is 20.0 Å². The topological polar surface area (TPSA) is 161 Å². The van der Waals surface area contributed by atoms with Gasteiger partial charge in [-0.1, -0.05) is 42.5 Å². The summed E-state index contributed by atoms with van der Waals surface area (Å²) in [6, 6.07) is 9.45. The summed E-state index contributed by atoms with van der Waals surface area (Å²) in [5.74, 6) is -1.40. The van der Waals surface area contributed by atoms with E-state index in [4.69, 9.17) is 43.0 Å². The van der Waals surface area contributed by atoms with Crippen molar-refractivity contribution < 1.29 is 37.4 Å². The van der Waals surface area contributed by atoms with Gasteiger partial charge in [-0.3, -0.25) is 13.9 Å². The van der Waals surface area contributed by atoms with Gasteiger partial charge < -0.3 is 24.1 Å². The number of halogens is 1. The average molecular weight is 588 g/mol. The molecule has 1 aromatic heterocycles. The zero-order chi connectivity index (χ0) is 28.1. The van der Waals surface area contributed by atoms with E-state index in [0.29, 0.717) is 0 Å². The number of esters is 1. The predicted molar refractivity (Wildman–Crippen MR) is 139 cm³/mol. The number of aliphatic hydroxyl groups is 1. The number of carbonyl (C=O) groups excluding carboxylic acids is 1. The third-order valence-electron chi connectivity index (χ3n) is 5.41. The maximum Gasteiger partial charge on any atom is 0.380 e. The number of azide groups is 1. The number of rotatable bonds is 11. The first kappa shape index (κ1) is 29.9. The SMILES string of the molecule is CC(C)OC(=O)[C@H](C)CP(=O)(OC[C@@]1(N=[N+]=[N-])O[C@@H](n2ccc(=S)[nH]c2=S)C(F)[C@H]1O)Oc1ccccc1. The molecule has 12 nitrogen and oxygen atoms in total. The molecular weight excluding hydrogens is 560 g/mol. The number of alkyl halides is 1. The number of ether oxygens (including phenoxy) is 2. The molecule has 0 radical (unpaired) electrons. The summed E-state index contributed by atoms with van der Waals surface area (Å²) in [5, 5.41) is 14.2. The van der Waals surface area contributed by atoms with Crippen LogP contribution in [-0.2, 0) is 23.4 Å². The molecule has 0 spiro atoms. The molecule has 0 saturated carbocycles. The molecule has 6 atom stereocenters. The molecule has 2 heterocycles. The first-order chi connectivity index (χ1) is 17.9. The molecule has 206 valence electrons. The molecular formula is C22H27FN5O7PS2. The molecule has 1 aliphatic rings. The smallest absolute Gasteiger partial charge is 0.380 e. The quantitative estimate of drug-likeness (QED) is 0.0877. The molecule has 0 aliphatic carbocycles. The van der Waals surface area contributed by atoms with Crippen LogP contribution < -0.4 is 4.52 Å². The monoisotopic (exact) mass is 587 g/mol. The summed E-state index contributed by atoms with van der Waals surface area (Å²) in [6.45, 7) is 3.94. The van der Waals surface area contributed by atoms with Crippen molar-refractivity contribution in [2.24, 2.45) is 11.0 Å². The van der Waals surface area contributed by atoms with Gasteiger partial charge in [-0.15, -0.1) is 0 Å². The molecule has 0 amide bonds. The molecule has 16 heteroatoms. The van der Waals surface area contributed by atoms with Crippen LogP contribution in [0.3, 0.4) is 0 Å². The van der Waals surface area contributed by atoms with Gasteiger partial charge in [0.15, 0.2) is 17.2 Å². The number of H-pyrrole nitrogens is 1. The van der Waals surface area contributed by atoms with Crippen molar-refractivity contribution in [1.29, 1.82) is 0 Å². The van der Waals surface area contributed by atoms with E-state index < -0.39 is 62.6 Å². The standard InChI is InChI=1S/C22H27FN5O7PS2/c1-13(2)33-20(30)14(3)11-36(31,35-15-7-5-4-6-8-15)32-12-22(26-27-24)18(29)17(23)19(34-22)28-10-9-16(37)25-21(28)38/h4-10,13-14,17-19,29H,11-12H2,1-3H3,(H,25,37,38)/t14-,17?,18-,19-,22-,36?/m1/s1. The first-order valence-electron chi connectivity index (χ1n) is 11.5. The zero-order valence-corrected chi connectivity index (χ0v) is 23.2. The minimum atomic E-state index is -4.21. The van der Waals surface area contributed by atoms with Gasteiger partial charge in [0.1, 0.15) is 16.5 Å². The maximum absolute atomic E-state index is 15.3. The van der Waals surface area contributed by atoms with Crippen molar-refractivity contribution in [3.8, 4) is 5.75 Å². The van der Waals surface area contributed by atoms with Crippen LogP contribution >= 0.6 is 32.0 Å². The van der Waals surface area contributed by atoms with Gasteiger partial charge in [0, 0.05) is 11.1 Å². The van der Waals surface area contributed by atoms with E-state index in [1.165, 1.54) is 31.3 Å². The lowest BCUT2D eigenvalue weighted by Crippen LogP contribution is -2.44. The second kappa shape index (κ2) is 12.5. The van der Waals surface area contributed by atoms with Crippen molar-refractivity contribution in [2.75, 3.05) is 12.8 Å². The fraction of sp³-hybridized carbons (Fsp3) is 0.500. The Kier molecular flexibility index (Phi) is 9.82. The van der Waals surface area contributed by atoms with Crippen molar-refractivity contribution in [3.05, 3.63) is 62.4 Å². The fourth-order valence-electron chi connectivity index (χ4n) is 3.60. The van der Waals surface area contributed by atoms with Crippen LogP contribution in [0.1, 0.15) is 27.0 Å². The number of nitrogens with one attached hydrogen (secondary N) is 1. The van der Waals surface area contributed by atoms with Crippen molar-refractivity contribution >= 4 is 38.0 Å². The van der Waals surface area contributed by atoms with Gasteiger partial charge in [0.25, 0.3) is 0 Å². The average Bonchev–Trinajstić information content (AvgIpc) is 3.09. The number of hydrogen-bond acceptors (Lipinski definition) is 10. The minimum absolute atomic E-state index is 0.00872. The zero-order valence-electron chi connectivity index (χ0n) is 20.7. The summed E-state index contributed by atoms with van der Waals surface area (Å²) in [7, 11) is -4.21. The lowest BCUT2D eigenvalue weighted by molar-refractivity contribution is -0.151. The highest BCUT2D eigenvalue weighted by Crippen LogP contribution is 2.52. The lowest BCUT2D eigenvalue weighted by atomic mass is 10.1. The Morgan fingerprint density at radius 2 is 2.03 bits per heavy atom. The van der Waals surface area contributed by atoms with Crippen molar-refractivity contribution in [2.45, 2.75) is 51.1 Å². The van der Waals surface area contributed by atoms with E-state index in [0.717, 1.165) is 4.57 Å². The van der Waals surface area contributed by atoms with Gasteiger partial charge >= 0.3 is 13.6 Å². The van der Waals surface area contributed by atoms with Crippen LogP contribution in [0.15, 0.2) is 47.7 Å². The minimum Gasteiger partial charge on any atom is -0.463 e. The molecule has 2 N–H and O–H groups in total. The summed E-state index contributed by atoms with van der Waals surface area (Å²) in [6.07, 6.45) is -5.19. The van der Waals surface area contributed by atoms with Gasteiger partial charge in [-0.2, -0.15) is 0 Å². The van der Waals surface area contributed by atoms with E-state index in [1.807, 2.05) is 0 Å². The van der Waals surface area contributed by atoms with E-state index >= 15 is 4.39 Å². The summed E-state index contributed by atoms with van der Waals surface area (Å²) in [4.78, 5) is 17.7. The van der Waals surface area contributed by atoms with Gasteiger partial charge in [0.05, 0.1) is 24.8 Å². The van der Waals surface area contributed by atoms with Crippen LogP contribution in [0.5, 0.6) is 5.75 Å². The van der Waals surface area contributed by atoms with E-state index in [1.54, 1.807) is 32.0 Å². The first-order valence-corrected chi connectivity index (χ1v) is 14.0. The number of hydrogen-bond donors (Lipinski definition) is 2. The number of aromatic amines is 1. The molecule has 1 saturated heterocycles. The Morgan fingerprint density at radius 3 is 2.63 bits per heavy atom. The molecule has 38 heavy (non-hydrogen) atoms. The van der Waals surface area contributed by atoms with Gasteiger partial charge in [0.2, 0.25) is 5.72 Å². The molecule has 1 fully saturated rings. The second-order valence-electron chi connectivity index (χ2n) is 8.81. The van der Waals surface area contributed by atoms with Crippen molar-refractivity contribution in [1.82, 2.24) is 9.55 Å². The number of aromatic nitrogens is 2. The third kappa shape index (κ3) is 7.06. The summed E-state index contributed by atoms with van der Waals surface area (Å²) in [5.41, 5.74) is 6.84. The Bertz CT molecular complexity index is 1350. The van der Waals surface area contributed by atoms with Crippen LogP contribution in [-0.4, -0.2) is 57.5 Å². The predicted octanol–water partition coefficient (Wildman–Crippen LogP) is 5.39. The number of aliphatic hydroxyl groups excluding tert-OH is 1. The maximum atomic E-state index is 15.3. The van der Waals surface area contributed by atoms with Crippen LogP contribution in [0.25, 0.3) is 10.4 Å². The number of benzene rings is 1. The molecule has 2 unspecified atom stereocenters. The Hall–Kier alpha value is -2.64. The largest absolute Gasteiger partial charge is 0.463 e. The molecule has 0 bridgehead atoms. The third-order valence-corrected chi connectivity index (χ3v) is 7.97. The second-order valence-corrected chi connectivity index (χ2v) is 11.7. The molecule has 1 aromatic carbocycles. The highest BCUT2D eigenvalue weighted by molar-refractivity contribution is 7.72. The Labute approximate surface area is 227 Å². The van der Waals surface area contributed by atoms with Crippen LogP contribution in [0, 0.1) is 15.3 Å². The van der Waals surface area contributed by atoms with Crippen molar-refractivity contribution in [3.63, 3.8) is 0 Å². The van der Waals surface area contributed by atoms with Gasteiger partial charge in [-0.25, -0.2) is 8.96 Å². The van der Waals surface area contributed by atoms with E-state index in [2.05, 4.69) is 15.0 Å². The molecule has 2 aromatic rings. The van der Waals surface area contributed by atoms with Crippen LogP contribution in [0.2, 0.25) is 0 Å². The summed E-state index contributed by atoms with van der Waals surface area (Å²) < 4.78 is 52.7. The highest BCUT2D eigenvalue weighted by Gasteiger charge is 2.57. The Balaban J connectivity index is 1.91. The lowest BCUT2D eigenvalue weighted by Gasteiger charge is -2.29.